The van der Waals surface area contributed by atoms with Crippen LogP contribution in [0.15, 0.2) is 78.0 Å². The fourth-order valence-corrected chi connectivity index (χ4v) is 6.26. The topological polar surface area (TPSA) is 83.0 Å². The van der Waals surface area contributed by atoms with Gasteiger partial charge in [0.25, 0.3) is 0 Å². The van der Waals surface area contributed by atoms with Crippen molar-refractivity contribution in [3.8, 4) is 16.9 Å². The van der Waals surface area contributed by atoms with E-state index in [-0.39, 0.29) is 30.1 Å². The molecule has 0 amide bonds. The molecule has 0 radical (unpaired) electrons. The Bertz CT molecular complexity index is 1220. The zero-order valence-corrected chi connectivity index (χ0v) is 21.2. The summed E-state index contributed by atoms with van der Waals surface area (Å²) in [5, 5.41) is 9.83. The summed E-state index contributed by atoms with van der Waals surface area (Å²) in [4.78, 5) is 6.39. The molecule has 3 atom stereocenters. The molecule has 0 unspecified atom stereocenters. The lowest BCUT2D eigenvalue weighted by Crippen LogP contribution is -2.49. The van der Waals surface area contributed by atoms with Crippen LogP contribution in [0.2, 0.25) is 0 Å². The third-order valence-electron chi connectivity index (χ3n) is 6.47. The first-order valence-electron chi connectivity index (χ1n) is 11.9. The predicted molar refractivity (Wildman–Crippen MR) is 136 cm³/mol. The predicted octanol–water partition coefficient (Wildman–Crippen LogP) is 3.65. The van der Waals surface area contributed by atoms with E-state index < -0.39 is 16.1 Å². The minimum atomic E-state index is -3.86. The Hall–Kier alpha value is -2.78. The highest BCUT2D eigenvalue weighted by Gasteiger charge is 2.38. The van der Waals surface area contributed by atoms with E-state index in [1.165, 1.54) is 9.87 Å². The van der Waals surface area contributed by atoms with E-state index in [0.717, 1.165) is 17.7 Å². The number of pyridine rings is 1. The summed E-state index contributed by atoms with van der Waals surface area (Å²) in [7, 11) is -1.82. The standard InChI is InChI=1S/C27H33N3O4S/c1-20-16-30(21(2)19-31)35(32,33)27-10-9-24(23-11-13-28-14-12-23)15-25(27)34-26(20)18-29(3)17-22-7-5-4-6-8-22/h4-15,20-21,26,31H,16-19H2,1-3H3/t20-,21-,26-/m0/s1. The van der Waals surface area contributed by atoms with Gasteiger partial charge in [-0.05, 0) is 54.9 Å². The van der Waals surface area contributed by atoms with Crippen molar-refractivity contribution in [2.45, 2.75) is 37.4 Å². The lowest BCUT2D eigenvalue weighted by atomic mass is 10.0. The van der Waals surface area contributed by atoms with Crippen LogP contribution in [0.1, 0.15) is 19.4 Å². The van der Waals surface area contributed by atoms with Gasteiger partial charge in [0, 0.05) is 44.0 Å². The van der Waals surface area contributed by atoms with E-state index in [9.17, 15) is 13.5 Å². The maximum Gasteiger partial charge on any atom is 0.247 e. The number of aliphatic hydroxyl groups excluding tert-OH is 1. The molecule has 1 aromatic heterocycles. The van der Waals surface area contributed by atoms with Crippen molar-refractivity contribution in [1.29, 1.82) is 0 Å². The van der Waals surface area contributed by atoms with Gasteiger partial charge >= 0.3 is 0 Å². The number of aliphatic hydroxyl groups is 1. The highest BCUT2D eigenvalue weighted by Crippen LogP contribution is 2.36. The summed E-state index contributed by atoms with van der Waals surface area (Å²) in [6, 6.07) is 18.6. The second-order valence-corrected chi connectivity index (χ2v) is 11.2. The Kier molecular flexibility index (Phi) is 7.86. The number of ether oxygens (including phenoxy) is 1. The number of rotatable bonds is 7. The summed E-state index contributed by atoms with van der Waals surface area (Å²) in [5.41, 5.74) is 2.98. The molecule has 0 fully saturated rings. The fraction of sp³-hybridized carbons (Fsp3) is 0.370. The number of likely N-dealkylation sites (N-methyl/N-ethyl adjacent to an activating group) is 1. The molecule has 0 bridgehead atoms. The summed E-state index contributed by atoms with van der Waals surface area (Å²) in [5.74, 6) is 0.230. The second-order valence-electron chi connectivity index (χ2n) is 9.32. The summed E-state index contributed by atoms with van der Waals surface area (Å²) >= 11 is 0. The zero-order valence-electron chi connectivity index (χ0n) is 20.4. The summed E-state index contributed by atoms with van der Waals surface area (Å²) < 4.78 is 35.2. The first-order chi connectivity index (χ1) is 16.8. The Labute approximate surface area is 208 Å². The summed E-state index contributed by atoms with van der Waals surface area (Å²) in [6.45, 7) is 5.12. The molecule has 8 heteroatoms. The van der Waals surface area contributed by atoms with Crippen molar-refractivity contribution in [3.05, 3.63) is 78.6 Å². The van der Waals surface area contributed by atoms with Gasteiger partial charge in [-0.3, -0.25) is 9.88 Å². The molecule has 2 aromatic carbocycles. The molecule has 0 saturated carbocycles. The van der Waals surface area contributed by atoms with Crippen molar-refractivity contribution in [1.82, 2.24) is 14.2 Å². The Morgan fingerprint density at radius 1 is 1.11 bits per heavy atom. The lowest BCUT2D eigenvalue weighted by molar-refractivity contribution is 0.0734. The molecule has 0 aliphatic carbocycles. The molecule has 0 saturated heterocycles. The van der Waals surface area contributed by atoms with Crippen LogP contribution in [0.25, 0.3) is 11.1 Å². The van der Waals surface area contributed by atoms with Crippen LogP contribution >= 0.6 is 0 Å². The monoisotopic (exact) mass is 495 g/mol. The quantitative estimate of drug-likeness (QED) is 0.539. The molecule has 1 aliphatic rings. The minimum absolute atomic E-state index is 0.102. The normalized spacial score (nSPS) is 20.9. The first kappa shape index (κ1) is 25.3. The number of benzene rings is 2. The Morgan fingerprint density at radius 3 is 2.51 bits per heavy atom. The lowest BCUT2D eigenvalue weighted by Gasteiger charge is -2.37. The van der Waals surface area contributed by atoms with Crippen LogP contribution < -0.4 is 4.74 Å². The first-order valence-corrected chi connectivity index (χ1v) is 13.3. The van der Waals surface area contributed by atoms with Crippen molar-refractivity contribution in [3.63, 3.8) is 0 Å². The molecular formula is C27H33N3O4S. The largest absolute Gasteiger partial charge is 0.487 e. The molecule has 1 aliphatic heterocycles. The van der Waals surface area contributed by atoms with Gasteiger partial charge in [-0.2, -0.15) is 4.31 Å². The van der Waals surface area contributed by atoms with E-state index in [1.54, 1.807) is 37.5 Å². The maximum atomic E-state index is 13.7. The van der Waals surface area contributed by atoms with E-state index in [2.05, 4.69) is 22.0 Å². The molecule has 186 valence electrons. The van der Waals surface area contributed by atoms with Gasteiger partial charge in [-0.25, -0.2) is 8.42 Å². The molecule has 4 rings (SSSR count). The third kappa shape index (κ3) is 5.73. The van der Waals surface area contributed by atoms with Crippen molar-refractivity contribution >= 4 is 10.0 Å². The molecular weight excluding hydrogens is 462 g/mol. The van der Waals surface area contributed by atoms with Gasteiger partial charge in [0.15, 0.2) is 0 Å². The van der Waals surface area contributed by atoms with E-state index in [1.807, 2.05) is 44.3 Å². The number of hydrogen-bond acceptors (Lipinski definition) is 6. The van der Waals surface area contributed by atoms with Gasteiger partial charge < -0.3 is 9.84 Å². The average Bonchev–Trinajstić information content (AvgIpc) is 2.86. The van der Waals surface area contributed by atoms with E-state index >= 15 is 0 Å². The highest BCUT2D eigenvalue weighted by molar-refractivity contribution is 7.89. The summed E-state index contributed by atoms with van der Waals surface area (Å²) in [6.07, 6.45) is 3.16. The van der Waals surface area contributed by atoms with Crippen molar-refractivity contribution in [2.24, 2.45) is 5.92 Å². The molecule has 0 spiro atoms. The van der Waals surface area contributed by atoms with Gasteiger partial charge in [0.2, 0.25) is 10.0 Å². The second kappa shape index (κ2) is 10.9. The zero-order chi connectivity index (χ0) is 25.0. The van der Waals surface area contributed by atoms with Crippen LogP contribution in [0.4, 0.5) is 0 Å². The third-order valence-corrected chi connectivity index (χ3v) is 8.49. The van der Waals surface area contributed by atoms with Gasteiger partial charge in [0.1, 0.15) is 16.7 Å². The average molecular weight is 496 g/mol. The number of nitrogens with zero attached hydrogens (tertiary/aromatic N) is 3. The van der Waals surface area contributed by atoms with Crippen LogP contribution in [0.3, 0.4) is 0 Å². The molecule has 35 heavy (non-hydrogen) atoms. The van der Waals surface area contributed by atoms with Gasteiger partial charge in [0.05, 0.1) is 6.61 Å². The number of sulfonamides is 1. The van der Waals surface area contributed by atoms with Crippen LogP contribution in [-0.2, 0) is 16.6 Å². The number of hydrogen-bond donors (Lipinski definition) is 1. The molecule has 3 aromatic rings. The van der Waals surface area contributed by atoms with Gasteiger partial charge in [-0.1, -0.05) is 43.3 Å². The molecule has 1 N–H and O–H groups in total. The number of fused-ring (bicyclic) bond motifs is 1. The highest BCUT2D eigenvalue weighted by atomic mass is 32.2. The fourth-order valence-electron chi connectivity index (χ4n) is 4.43. The Balaban J connectivity index is 1.72. The SMILES string of the molecule is C[C@H]1CN([C@@H](C)CO)S(=O)(=O)c2ccc(-c3ccncc3)cc2O[C@H]1CN(C)Cc1ccccc1. The van der Waals surface area contributed by atoms with Crippen LogP contribution in [0.5, 0.6) is 5.75 Å². The van der Waals surface area contributed by atoms with Crippen LogP contribution in [0, 0.1) is 5.92 Å². The molecule has 7 nitrogen and oxygen atoms in total. The van der Waals surface area contributed by atoms with E-state index in [0.29, 0.717) is 12.3 Å². The minimum Gasteiger partial charge on any atom is -0.487 e. The molecule has 2 heterocycles. The maximum absolute atomic E-state index is 13.7. The Morgan fingerprint density at radius 2 is 1.83 bits per heavy atom. The van der Waals surface area contributed by atoms with E-state index in [4.69, 9.17) is 4.74 Å². The number of aromatic nitrogens is 1. The van der Waals surface area contributed by atoms with Crippen molar-refractivity contribution < 1.29 is 18.3 Å². The van der Waals surface area contributed by atoms with Gasteiger partial charge in [-0.15, -0.1) is 0 Å². The van der Waals surface area contributed by atoms with Crippen molar-refractivity contribution in [2.75, 3.05) is 26.7 Å². The van der Waals surface area contributed by atoms with Crippen LogP contribution in [-0.4, -0.2) is 66.6 Å². The smallest absolute Gasteiger partial charge is 0.247 e.